The molecule has 4 nitrogen and oxygen atoms in total. The molecule has 1 aliphatic heterocycles. The van der Waals surface area contributed by atoms with Gasteiger partial charge in [0.1, 0.15) is 0 Å². The molecule has 0 aromatic heterocycles. The van der Waals surface area contributed by atoms with E-state index in [2.05, 4.69) is 13.8 Å². The van der Waals surface area contributed by atoms with Crippen molar-refractivity contribution in [3.63, 3.8) is 0 Å². The second-order valence-corrected chi connectivity index (χ2v) is 5.24. The largest absolute Gasteiger partial charge is 0.493 e. The lowest BCUT2D eigenvalue weighted by Gasteiger charge is -2.33. The molecule has 0 bridgehead atoms. The van der Waals surface area contributed by atoms with E-state index in [1.165, 1.54) is 7.11 Å². The molecule has 1 aromatic rings. The Bertz CT molecular complexity index is 434. The van der Waals surface area contributed by atoms with E-state index in [4.69, 9.17) is 14.0 Å². The smallest absolute Gasteiger partial charge is 0.465 e. The van der Waals surface area contributed by atoms with Crippen LogP contribution in [0.15, 0.2) is 24.3 Å². The van der Waals surface area contributed by atoms with Crippen molar-refractivity contribution in [2.24, 2.45) is 5.41 Å². The molecule has 0 unspecified atom stereocenters. The zero-order valence-electron chi connectivity index (χ0n) is 10.9. The molecule has 0 spiro atoms. The highest BCUT2D eigenvalue weighted by Crippen LogP contribution is 2.21. The second kappa shape index (κ2) is 5.12. The maximum atomic E-state index is 11.4. The fourth-order valence-electron chi connectivity index (χ4n) is 1.81. The van der Waals surface area contributed by atoms with Gasteiger partial charge in [-0.05, 0) is 17.6 Å². The number of esters is 1. The molecule has 0 N–H and O–H groups in total. The first-order valence-electron chi connectivity index (χ1n) is 5.93. The molecule has 1 aliphatic rings. The van der Waals surface area contributed by atoms with Crippen LogP contribution < -0.4 is 5.46 Å². The van der Waals surface area contributed by atoms with Crippen LogP contribution in [0.5, 0.6) is 0 Å². The molecule has 0 amide bonds. The average Bonchev–Trinajstić information content (AvgIpc) is 2.38. The van der Waals surface area contributed by atoms with E-state index in [-0.39, 0.29) is 11.4 Å². The Kier molecular flexibility index (Phi) is 3.73. The average molecular weight is 248 g/mol. The van der Waals surface area contributed by atoms with Crippen molar-refractivity contribution in [1.82, 2.24) is 0 Å². The van der Waals surface area contributed by atoms with E-state index >= 15 is 0 Å². The van der Waals surface area contributed by atoms with Gasteiger partial charge in [0.15, 0.2) is 0 Å². The third-order valence-corrected chi connectivity index (χ3v) is 2.83. The van der Waals surface area contributed by atoms with Crippen LogP contribution in [0.3, 0.4) is 0 Å². The minimum Gasteiger partial charge on any atom is -0.465 e. The molecule has 1 saturated heterocycles. The molecule has 1 heterocycles. The maximum absolute atomic E-state index is 11.4. The molecule has 0 saturated carbocycles. The van der Waals surface area contributed by atoms with E-state index in [0.29, 0.717) is 18.8 Å². The minimum atomic E-state index is -0.400. The Morgan fingerprint density at radius 3 is 2.61 bits per heavy atom. The topological polar surface area (TPSA) is 44.8 Å². The van der Waals surface area contributed by atoms with Gasteiger partial charge in [-0.25, -0.2) is 4.79 Å². The first-order valence-corrected chi connectivity index (χ1v) is 5.93. The Morgan fingerprint density at radius 2 is 2.00 bits per heavy atom. The van der Waals surface area contributed by atoms with E-state index in [1.807, 2.05) is 6.07 Å². The number of carbonyl (C=O) groups is 1. The zero-order valence-corrected chi connectivity index (χ0v) is 10.9. The first kappa shape index (κ1) is 13.1. The van der Waals surface area contributed by atoms with Gasteiger partial charge in [-0.2, -0.15) is 0 Å². The van der Waals surface area contributed by atoms with Crippen LogP contribution >= 0.6 is 0 Å². The summed E-state index contributed by atoms with van der Waals surface area (Å²) in [5, 5.41) is 0. The number of hydrogen-bond acceptors (Lipinski definition) is 4. The molecular weight excluding hydrogens is 231 g/mol. The Labute approximate surface area is 107 Å². The molecule has 0 atom stereocenters. The highest BCUT2D eigenvalue weighted by molar-refractivity contribution is 6.61. The van der Waals surface area contributed by atoms with Crippen molar-refractivity contribution in [1.29, 1.82) is 0 Å². The lowest BCUT2D eigenvalue weighted by molar-refractivity contribution is 0.0343. The fourth-order valence-corrected chi connectivity index (χ4v) is 1.81. The summed E-state index contributed by atoms with van der Waals surface area (Å²) < 4.78 is 16.0. The minimum absolute atomic E-state index is 0.0382. The van der Waals surface area contributed by atoms with Crippen LogP contribution in [0.2, 0.25) is 0 Å². The van der Waals surface area contributed by atoms with E-state index in [9.17, 15) is 4.79 Å². The van der Waals surface area contributed by atoms with Gasteiger partial charge in [0, 0.05) is 18.6 Å². The standard InChI is InChI=1S/C13H17BO4/c1-13(2)8-17-14(18-9-13)11-6-4-5-10(7-11)12(15)16-3/h4-7H,8-9H2,1-3H3. The van der Waals surface area contributed by atoms with Crippen molar-refractivity contribution < 1.29 is 18.8 Å². The number of methoxy groups -OCH3 is 1. The zero-order chi connectivity index (χ0) is 13.2. The quantitative estimate of drug-likeness (QED) is 0.583. The summed E-state index contributed by atoms with van der Waals surface area (Å²) in [4.78, 5) is 11.4. The molecular formula is C13H17BO4. The van der Waals surface area contributed by atoms with Crippen LogP contribution in [0.1, 0.15) is 24.2 Å². The normalized spacial score (nSPS) is 18.5. The van der Waals surface area contributed by atoms with Crippen molar-refractivity contribution in [2.45, 2.75) is 13.8 Å². The number of rotatable bonds is 2. The van der Waals surface area contributed by atoms with Gasteiger partial charge in [0.25, 0.3) is 0 Å². The van der Waals surface area contributed by atoms with Gasteiger partial charge in [0.2, 0.25) is 0 Å². The van der Waals surface area contributed by atoms with Crippen LogP contribution in [0.25, 0.3) is 0 Å². The Hall–Kier alpha value is -1.33. The second-order valence-electron chi connectivity index (χ2n) is 5.24. The highest BCUT2D eigenvalue weighted by Gasteiger charge is 2.33. The van der Waals surface area contributed by atoms with E-state index in [1.54, 1.807) is 18.2 Å². The van der Waals surface area contributed by atoms with Gasteiger partial charge < -0.3 is 14.0 Å². The molecule has 0 radical (unpaired) electrons. The molecule has 1 fully saturated rings. The van der Waals surface area contributed by atoms with Gasteiger partial charge in [-0.15, -0.1) is 0 Å². The molecule has 5 heteroatoms. The molecule has 1 aromatic carbocycles. The van der Waals surface area contributed by atoms with Gasteiger partial charge in [-0.1, -0.05) is 26.0 Å². The number of hydrogen-bond donors (Lipinski definition) is 0. The summed E-state index contributed by atoms with van der Waals surface area (Å²) in [7, 11) is 0.966. The number of carbonyl (C=O) groups excluding carboxylic acids is 1. The Morgan fingerprint density at radius 1 is 1.33 bits per heavy atom. The van der Waals surface area contributed by atoms with Crippen molar-refractivity contribution in [3.8, 4) is 0 Å². The lowest BCUT2D eigenvalue weighted by Crippen LogP contribution is -2.47. The number of ether oxygens (including phenoxy) is 1. The van der Waals surface area contributed by atoms with E-state index in [0.717, 1.165) is 5.46 Å². The lowest BCUT2D eigenvalue weighted by atomic mass is 9.75. The van der Waals surface area contributed by atoms with Gasteiger partial charge >= 0.3 is 13.1 Å². The van der Waals surface area contributed by atoms with E-state index < -0.39 is 7.12 Å². The van der Waals surface area contributed by atoms with Gasteiger partial charge in [-0.3, -0.25) is 0 Å². The summed E-state index contributed by atoms with van der Waals surface area (Å²) in [6, 6.07) is 7.14. The predicted octanol–water partition coefficient (Wildman–Crippen LogP) is 1.24. The third-order valence-electron chi connectivity index (χ3n) is 2.83. The highest BCUT2D eigenvalue weighted by atomic mass is 16.6. The SMILES string of the molecule is COC(=O)c1cccc(B2OCC(C)(C)CO2)c1. The molecule has 18 heavy (non-hydrogen) atoms. The van der Waals surface area contributed by atoms with Crippen LogP contribution in [-0.4, -0.2) is 33.4 Å². The fraction of sp³-hybridized carbons (Fsp3) is 0.462. The first-order chi connectivity index (χ1) is 8.52. The third kappa shape index (κ3) is 2.92. The van der Waals surface area contributed by atoms with Crippen LogP contribution in [0, 0.1) is 5.41 Å². The summed E-state index contributed by atoms with van der Waals surface area (Å²) in [5.41, 5.74) is 1.39. The summed E-state index contributed by atoms with van der Waals surface area (Å²) in [6.45, 7) is 5.46. The van der Waals surface area contributed by atoms with Crippen LogP contribution in [0.4, 0.5) is 0 Å². The van der Waals surface area contributed by atoms with Crippen molar-refractivity contribution in [3.05, 3.63) is 29.8 Å². The Balaban J connectivity index is 2.12. The summed E-state index contributed by atoms with van der Waals surface area (Å²) in [5.74, 6) is -0.354. The van der Waals surface area contributed by atoms with Crippen molar-refractivity contribution >= 4 is 18.6 Å². The number of benzene rings is 1. The monoisotopic (exact) mass is 248 g/mol. The summed E-state index contributed by atoms with van der Waals surface area (Å²) in [6.07, 6.45) is 0. The molecule has 96 valence electrons. The van der Waals surface area contributed by atoms with Crippen LogP contribution in [-0.2, 0) is 14.0 Å². The van der Waals surface area contributed by atoms with Gasteiger partial charge in [0.05, 0.1) is 12.7 Å². The van der Waals surface area contributed by atoms with Crippen molar-refractivity contribution in [2.75, 3.05) is 20.3 Å². The molecule has 2 rings (SSSR count). The maximum Gasteiger partial charge on any atom is 0.493 e. The predicted molar refractivity (Wildman–Crippen MR) is 68.9 cm³/mol. The molecule has 0 aliphatic carbocycles. The summed E-state index contributed by atoms with van der Waals surface area (Å²) >= 11 is 0.